The van der Waals surface area contributed by atoms with E-state index >= 15 is 0 Å². The van der Waals surface area contributed by atoms with Gasteiger partial charge in [-0.3, -0.25) is 9.78 Å². The highest BCUT2D eigenvalue weighted by Crippen LogP contribution is 2.33. The number of pyridine rings is 2. The summed E-state index contributed by atoms with van der Waals surface area (Å²) in [4.78, 5) is 19.8. The number of benzene rings is 1. The zero-order valence-corrected chi connectivity index (χ0v) is 20.4. The summed E-state index contributed by atoms with van der Waals surface area (Å²) in [6, 6.07) is 12.4. The van der Waals surface area contributed by atoms with E-state index in [9.17, 15) is 9.90 Å². The lowest BCUT2D eigenvalue weighted by Crippen LogP contribution is -2.34. The van der Waals surface area contributed by atoms with E-state index in [1.807, 2.05) is 6.07 Å². The summed E-state index contributed by atoms with van der Waals surface area (Å²) in [5.74, 6) is 0.554. The Kier molecular flexibility index (Phi) is 7.32. The highest BCUT2D eigenvalue weighted by Gasteiger charge is 2.20. The number of aromatic nitrogens is 2. The first-order chi connectivity index (χ1) is 17.0. The van der Waals surface area contributed by atoms with Crippen LogP contribution in [0.15, 0.2) is 53.6 Å². The molecule has 0 bridgehead atoms. The average Bonchev–Trinajstić information content (AvgIpc) is 2.88. The molecule has 0 unspecified atom stereocenters. The number of fused-ring (bicyclic) bond motifs is 1. The number of halogens is 1. The molecule has 6 nitrogen and oxygen atoms in total. The van der Waals surface area contributed by atoms with E-state index in [1.54, 1.807) is 24.5 Å². The molecule has 182 valence electrons. The number of ether oxygens (including phenoxy) is 1. The van der Waals surface area contributed by atoms with E-state index in [4.69, 9.17) is 16.3 Å². The van der Waals surface area contributed by atoms with Gasteiger partial charge in [0.15, 0.2) is 0 Å². The van der Waals surface area contributed by atoms with Crippen molar-refractivity contribution in [1.29, 1.82) is 0 Å². The largest absolute Gasteiger partial charge is 0.486 e. The average molecular weight is 492 g/mol. The van der Waals surface area contributed by atoms with Crippen LogP contribution >= 0.6 is 11.6 Å². The van der Waals surface area contributed by atoms with Gasteiger partial charge in [0.25, 0.3) is 5.56 Å². The predicted octanol–water partition coefficient (Wildman–Crippen LogP) is 4.88. The van der Waals surface area contributed by atoms with Crippen LogP contribution in [-0.2, 0) is 19.6 Å². The summed E-state index contributed by atoms with van der Waals surface area (Å²) in [6.07, 6.45) is 10.6. The first-order valence-corrected chi connectivity index (χ1v) is 12.6. The molecule has 2 aromatic heterocycles. The van der Waals surface area contributed by atoms with Crippen molar-refractivity contribution in [1.82, 2.24) is 15.3 Å². The van der Waals surface area contributed by atoms with Crippen LogP contribution < -0.4 is 15.6 Å². The lowest BCUT2D eigenvalue weighted by atomic mass is 9.87. The van der Waals surface area contributed by atoms with Gasteiger partial charge in [0.05, 0.1) is 22.4 Å². The fourth-order valence-electron chi connectivity index (χ4n) is 4.92. The van der Waals surface area contributed by atoms with Crippen LogP contribution in [0.2, 0.25) is 5.02 Å². The summed E-state index contributed by atoms with van der Waals surface area (Å²) in [5, 5.41) is 13.9. The standard InChI is InChI=1S/C28H30ClN3O3/c29-22-5-6-24(32-16-22)17-35-26-11-12-30-28(34)27(26)21-4-3-19-13-18(1-2-20(19)14-21)15-31-23-7-9-25(33)10-8-23/h1-2,5-6,11-14,16,23,25,31,33H,3-4,7-10,15,17H2,(H,30,34)/t23-,25-. The van der Waals surface area contributed by atoms with Crippen LogP contribution in [0, 0.1) is 0 Å². The second-order valence-corrected chi connectivity index (χ2v) is 9.83. The van der Waals surface area contributed by atoms with Crippen LogP contribution in [0.3, 0.4) is 0 Å². The number of nitrogens with one attached hydrogen (secondary N) is 2. The summed E-state index contributed by atoms with van der Waals surface area (Å²) in [5.41, 5.74) is 5.86. The van der Waals surface area contributed by atoms with Crippen molar-refractivity contribution < 1.29 is 9.84 Å². The Morgan fingerprint density at radius 1 is 1.11 bits per heavy atom. The number of H-pyrrole nitrogens is 1. The Balaban J connectivity index is 1.30. The van der Waals surface area contributed by atoms with Gasteiger partial charge in [0.1, 0.15) is 12.4 Å². The Hall–Kier alpha value is -2.93. The van der Waals surface area contributed by atoms with Crippen molar-refractivity contribution in [3.8, 4) is 5.75 Å². The molecule has 0 atom stereocenters. The molecule has 35 heavy (non-hydrogen) atoms. The normalized spacial score (nSPS) is 19.7. The fraction of sp³-hybridized carbons (Fsp3) is 0.357. The third-order valence-electron chi connectivity index (χ3n) is 6.90. The maximum atomic E-state index is 12.8. The van der Waals surface area contributed by atoms with Crippen molar-refractivity contribution >= 4 is 23.3 Å². The number of aryl methyl sites for hydroxylation is 1. The summed E-state index contributed by atoms with van der Waals surface area (Å²) >= 11 is 5.92. The number of nitrogens with zero attached hydrogens (tertiary/aromatic N) is 1. The Labute approximate surface area is 210 Å². The van der Waals surface area contributed by atoms with E-state index in [0.29, 0.717) is 22.4 Å². The molecule has 0 saturated heterocycles. The maximum absolute atomic E-state index is 12.8. The maximum Gasteiger partial charge on any atom is 0.259 e. The van der Waals surface area contributed by atoms with Gasteiger partial charge < -0.3 is 20.1 Å². The Bertz CT molecular complexity index is 1260. The van der Waals surface area contributed by atoms with Gasteiger partial charge in [-0.15, -0.1) is 0 Å². The van der Waals surface area contributed by atoms with Gasteiger partial charge in [-0.2, -0.15) is 0 Å². The number of allylic oxidation sites excluding steroid dienone is 1. The molecule has 3 aromatic rings. The van der Waals surface area contributed by atoms with E-state index in [-0.39, 0.29) is 18.3 Å². The minimum Gasteiger partial charge on any atom is -0.486 e. The molecule has 2 aliphatic rings. The SMILES string of the molecule is O=c1[nH]ccc(OCc2ccc(Cl)cn2)c1C1=Cc2ccc(CN[C@H]3CC[C@H](O)CC3)cc2CC1. The highest BCUT2D eigenvalue weighted by molar-refractivity contribution is 6.30. The summed E-state index contributed by atoms with van der Waals surface area (Å²) in [7, 11) is 0. The Morgan fingerprint density at radius 2 is 1.97 bits per heavy atom. The zero-order chi connectivity index (χ0) is 24.2. The number of hydrogen-bond acceptors (Lipinski definition) is 5. The molecular formula is C28H30ClN3O3. The quantitative estimate of drug-likeness (QED) is 0.438. The topological polar surface area (TPSA) is 87.2 Å². The number of aliphatic hydroxyl groups excluding tert-OH is 1. The highest BCUT2D eigenvalue weighted by atomic mass is 35.5. The molecule has 1 fully saturated rings. The number of rotatable bonds is 7. The van der Waals surface area contributed by atoms with Crippen molar-refractivity contribution in [2.45, 2.75) is 63.8 Å². The second kappa shape index (κ2) is 10.8. The smallest absolute Gasteiger partial charge is 0.259 e. The summed E-state index contributed by atoms with van der Waals surface area (Å²) in [6.45, 7) is 1.09. The fourth-order valence-corrected chi connectivity index (χ4v) is 5.03. The van der Waals surface area contributed by atoms with Gasteiger partial charge in [-0.1, -0.05) is 35.9 Å². The van der Waals surface area contributed by atoms with Crippen LogP contribution in [0.25, 0.3) is 11.6 Å². The number of hydrogen-bond donors (Lipinski definition) is 3. The number of aliphatic hydroxyl groups is 1. The molecule has 2 aliphatic carbocycles. The number of aromatic amines is 1. The molecule has 7 heteroatoms. The minimum absolute atomic E-state index is 0.130. The molecule has 1 aromatic carbocycles. The van der Waals surface area contributed by atoms with Crippen molar-refractivity contribution in [3.05, 3.63) is 92.1 Å². The molecule has 2 heterocycles. The lowest BCUT2D eigenvalue weighted by Gasteiger charge is -2.26. The Morgan fingerprint density at radius 3 is 2.77 bits per heavy atom. The van der Waals surface area contributed by atoms with Gasteiger partial charge in [-0.05, 0) is 79.0 Å². The molecule has 3 N–H and O–H groups in total. The minimum atomic E-state index is -0.153. The molecule has 0 spiro atoms. The monoisotopic (exact) mass is 491 g/mol. The van der Waals surface area contributed by atoms with Gasteiger partial charge >= 0.3 is 0 Å². The zero-order valence-electron chi connectivity index (χ0n) is 19.6. The van der Waals surface area contributed by atoms with Crippen molar-refractivity contribution in [3.63, 3.8) is 0 Å². The van der Waals surface area contributed by atoms with Crippen LogP contribution in [0.4, 0.5) is 0 Å². The van der Waals surface area contributed by atoms with Gasteiger partial charge in [-0.25, -0.2) is 0 Å². The summed E-state index contributed by atoms with van der Waals surface area (Å²) < 4.78 is 6.01. The van der Waals surface area contributed by atoms with Crippen LogP contribution in [0.1, 0.15) is 60.1 Å². The van der Waals surface area contributed by atoms with E-state index < -0.39 is 0 Å². The molecule has 0 radical (unpaired) electrons. The van der Waals surface area contributed by atoms with Crippen LogP contribution in [0.5, 0.6) is 5.75 Å². The lowest BCUT2D eigenvalue weighted by molar-refractivity contribution is 0.116. The van der Waals surface area contributed by atoms with Gasteiger partial charge in [0, 0.05) is 25.0 Å². The van der Waals surface area contributed by atoms with Crippen molar-refractivity contribution in [2.24, 2.45) is 0 Å². The molecule has 0 amide bonds. The van der Waals surface area contributed by atoms with Gasteiger partial charge in [0.2, 0.25) is 0 Å². The van der Waals surface area contributed by atoms with Crippen molar-refractivity contribution in [2.75, 3.05) is 0 Å². The first kappa shape index (κ1) is 23.8. The van der Waals surface area contributed by atoms with E-state index in [2.05, 4.69) is 39.6 Å². The van der Waals surface area contributed by atoms with E-state index in [1.165, 1.54) is 11.1 Å². The van der Waals surface area contributed by atoms with E-state index in [0.717, 1.165) is 61.9 Å². The molecule has 1 saturated carbocycles. The third kappa shape index (κ3) is 5.84. The molecular weight excluding hydrogens is 462 g/mol. The second-order valence-electron chi connectivity index (χ2n) is 9.39. The van der Waals surface area contributed by atoms with Crippen LogP contribution in [-0.4, -0.2) is 27.2 Å². The third-order valence-corrected chi connectivity index (χ3v) is 7.12. The molecule has 5 rings (SSSR count). The first-order valence-electron chi connectivity index (χ1n) is 12.2. The molecule has 0 aliphatic heterocycles. The predicted molar refractivity (Wildman–Crippen MR) is 138 cm³/mol.